The van der Waals surface area contributed by atoms with Crippen LogP contribution in [0.5, 0.6) is 0 Å². The van der Waals surface area contributed by atoms with Crippen LogP contribution in [-0.2, 0) is 24.5 Å². The average Bonchev–Trinajstić information content (AvgIpc) is 2.61. The molecule has 164 valence electrons. The van der Waals surface area contributed by atoms with Crippen molar-refractivity contribution in [2.75, 3.05) is 11.6 Å². The van der Waals surface area contributed by atoms with E-state index >= 15 is 0 Å². The number of alkyl halides is 3. The van der Waals surface area contributed by atoms with Crippen molar-refractivity contribution in [1.29, 1.82) is 0 Å². The smallest absolute Gasteiger partial charge is 0.373 e. The zero-order valence-electron chi connectivity index (χ0n) is 15.4. The molecule has 0 radical (unpaired) electrons. The molecule has 0 aromatic heterocycles. The molecule has 1 atom stereocenters. The lowest BCUT2D eigenvalue weighted by Crippen LogP contribution is -2.52. The van der Waals surface area contributed by atoms with E-state index in [-0.39, 0.29) is 12.6 Å². The van der Waals surface area contributed by atoms with Gasteiger partial charge < -0.3 is 10.4 Å². The maximum absolute atomic E-state index is 12.9. The minimum atomic E-state index is -5.26. The molecule has 7 nitrogen and oxygen atoms in total. The molecule has 0 aliphatic rings. The fraction of sp³-hybridized carbons (Fsp3) is 0.235. The Morgan fingerprint density at radius 3 is 2.03 bits per heavy atom. The predicted molar refractivity (Wildman–Crippen MR) is 102 cm³/mol. The summed E-state index contributed by atoms with van der Waals surface area (Å²) in [6, 6.07) is 7.53. The molecule has 0 aliphatic heterocycles. The molecular formula is C17H15ClF3NO6S2. The number of anilines is 1. The third kappa shape index (κ3) is 4.61. The topological polar surface area (TPSA) is 118 Å². The quantitative estimate of drug-likeness (QED) is 0.672. The number of sulfone groups is 2. The maximum atomic E-state index is 12.9. The molecule has 0 spiro atoms. The van der Waals surface area contributed by atoms with Crippen molar-refractivity contribution in [3.05, 3.63) is 47.5 Å². The van der Waals surface area contributed by atoms with Crippen LogP contribution in [0.25, 0.3) is 0 Å². The lowest BCUT2D eigenvalue weighted by Gasteiger charge is -2.25. The van der Waals surface area contributed by atoms with Crippen LogP contribution in [0.1, 0.15) is 6.92 Å². The van der Waals surface area contributed by atoms with Gasteiger partial charge in [-0.1, -0.05) is 23.7 Å². The molecule has 13 heteroatoms. The van der Waals surface area contributed by atoms with Crippen molar-refractivity contribution in [1.82, 2.24) is 0 Å². The highest BCUT2D eigenvalue weighted by molar-refractivity contribution is 7.94. The molecule has 0 saturated heterocycles. The molecule has 0 aliphatic carbocycles. The molecule has 0 unspecified atom stereocenters. The van der Waals surface area contributed by atoms with Gasteiger partial charge in [0.15, 0.2) is 9.84 Å². The molecule has 0 fully saturated rings. The summed E-state index contributed by atoms with van der Waals surface area (Å²) in [5.74, 6) is -1.82. The molecule has 0 saturated carbocycles. The van der Waals surface area contributed by atoms with Crippen LogP contribution >= 0.6 is 11.6 Å². The first-order valence-electron chi connectivity index (χ1n) is 7.94. The number of hydrogen-bond donors (Lipinski definition) is 2. The molecule has 2 N–H and O–H groups in total. The van der Waals surface area contributed by atoms with Gasteiger partial charge in [0.1, 0.15) is 0 Å². The highest BCUT2D eigenvalue weighted by Crippen LogP contribution is 2.34. The molecule has 0 bridgehead atoms. The van der Waals surface area contributed by atoms with Gasteiger partial charge in [-0.3, -0.25) is 4.79 Å². The van der Waals surface area contributed by atoms with Crippen molar-refractivity contribution in [2.45, 2.75) is 33.4 Å². The number of benzene rings is 2. The summed E-state index contributed by atoms with van der Waals surface area (Å²) in [5, 5.41) is 10.7. The fourth-order valence-corrected chi connectivity index (χ4v) is 5.44. The largest absolute Gasteiger partial charge is 0.426 e. The van der Waals surface area contributed by atoms with Crippen LogP contribution in [0.15, 0.2) is 57.2 Å². The summed E-state index contributed by atoms with van der Waals surface area (Å²) in [7, 11) is -8.27. The van der Waals surface area contributed by atoms with Gasteiger partial charge in [0.05, 0.1) is 25.4 Å². The average molecular weight is 486 g/mol. The van der Waals surface area contributed by atoms with E-state index in [1.165, 1.54) is 12.1 Å². The first-order valence-corrected chi connectivity index (χ1v) is 11.7. The van der Waals surface area contributed by atoms with Gasteiger partial charge in [-0.05, 0) is 37.3 Å². The number of amides is 1. The van der Waals surface area contributed by atoms with Crippen LogP contribution in [-0.4, -0.2) is 45.9 Å². The Hall–Kier alpha value is -2.15. The van der Waals surface area contributed by atoms with Gasteiger partial charge in [-0.2, -0.15) is 13.2 Å². The highest BCUT2D eigenvalue weighted by atomic mass is 35.5. The van der Waals surface area contributed by atoms with E-state index in [0.29, 0.717) is 0 Å². The number of carbonyl (C=O) groups excluding carboxylic acids is 1. The van der Waals surface area contributed by atoms with Gasteiger partial charge in [0.2, 0.25) is 15.4 Å². The van der Waals surface area contributed by atoms with Gasteiger partial charge in [0, 0.05) is 6.26 Å². The standard InChI is InChI=1S/C17H15ClF3NO6S2/c1-16(24,17(19,20)21)15(23)22-12-8-7-10(9-11(12)18)30(27,28)14-6-4-3-5-13(14)29(2,25)26/h3-9,24H,1-2H3,(H,22,23)/t16-/m1/s1. The number of hydrogen-bond acceptors (Lipinski definition) is 6. The summed E-state index contributed by atoms with van der Waals surface area (Å²) in [6.45, 7) is 0.247. The Bertz CT molecular complexity index is 1210. The molecule has 0 heterocycles. The van der Waals surface area contributed by atoms with Crippen LogP contribution in [0.2, 0.25) is 5.02 Å². The lowest BCUT2D eigenvalue weighted by atomic mass is 10.1. The number of carbonyl (C=O) groups is 1. The van der Waals surface area contributed by atoms with Gasteiger partial charge in [-0.25, -0.2) is 16.8 Å². The Morgan fingerprint density at radius 1 is 1.03 bits per heavy atom. The van der Waals surface area contributed by atoms with Gasteiger partial charge >= 0.3 is 6.18 Å². The van der Waals surface area contributed by atoms with Gasteiger partial charge in [-0.15, -0.1) is 0 Å². The van der Waals surface area contributed by atoms with Crippen molar-refractivity contribution in [3.63, 3.8) is 0 Å². The summed E-state index contributed by atoms with van der Waals surface area (Å²) in [5.41, 5.74) is -4.10. The van der Waals surface area contributed by atoms with Gasteiger partial charge in [0.25, 0.3) is 5.91 Å². The molecular weight excluding hydrogens is 471 g/mol. The van der Waals surface area contributed by atoms with Crippen molar-refractivity contribution in [3.8, 4) is 0 Å². The minimum absolute atomic E-state index is 0.247. The third-order valence-electron chi connectivity index (χ3n) is 4.03. The van der Waals surface area contributed by atoms with Crippen LogP contribution < -0.4 is 5.32 Å². The Labute approximate surface area is 175 Å². The van der Waals surface area contributed by atoms with E-state index in [1.54, 1.807) is 5.32 Å². The maximum Gasteiger partial charge on any atom is 0.426 e. The summed E-state index contributed by atoms with van der Waals surface area (Å²) >= 11 is 5.90. The first-order chi connectivity index (χ1) is 13.5. The second-order valence-electron chi connectivity index (χ2n) is 6.39. The summed E-state index contributed by atoms with van der Waals surface area (Å²) in [6.07, 6.45) is -4.43. The van der Waals surface area contributed by atoms with E-state index in [1.807, 2.05) is 0 Å². The van der Waals surface area contributed by atoms with E-state index in [4.69, 9.17) is 11.6 Å². The van der Waals surface area contributed by atoms with E-state index in [0.717, 1.165) is 36.6 Å². The zero-order chi connectivity index (χ0) is 23.1. The second-order valence-corrected chi connectivity index (χ2v) is 10.7. The van der Waals surface area contributed by atoms with E-state index in [9.17, 15) is 39.9 Å². The Kier molecular flexibility index (Phi) is 6.30. The normalized spacial score (nSPS) is 14.8. The fourth-order valence-electron chi connectivity index (χ4n) is 2.24. The van der Waals surface area contributed by atoms with Crippen molar-refractivity contribution >= 4 is 42.9 Å². The molecule has 30 heavy (non-hydrogen) atoms. The number of halogens is 4. The number of rotatable bonds is 5. The van der Waals surface area contributed by atoms with Crippen LogP contribution in [0.3, 0.4) is 0 Å². The number of nitrogens with one attached hydrogen (secondary N) is 1. The minimum Gasteiger partial charge on any atom is -0.373 e. The number of aliphatic hydroxyl groups is 1. The molecule has 2 aromatic rings. The zero-order valence-corrected chi connectivity index (χ0v) is 17.7. The Morgan fingerprint density at radius 2 is 1.57 bits per heavy atom. The van der Waals surface area contributed by atoms with E-state index < -0.39 is 57.1 Å². The third-order valence-corrected chi connectivity index (χ3v) is 7.44. The Balaban J connectivity index is 2.47. The molecule has 2 aromatic carbocycles. The molecule has 1 amide bonds. The summed E-state index contributed by atoms with van der Waals surface area (Å²) in [4.78, 5) is 10.4. The van der Waals surface area contributed by atoms with Crippen molar-refractivity contribution < 1.29 is 39.9 Å². The SMILES string of the molecule is C[C@@](O)(C(=O)Nc1ccc(S(=O)(=O)c2ccccc2S(C)(=O)=O)cc1Cl)C(F)(F)F. The van der Waals surface area contributed by atoms with Crippen LogP contribution in [0.4, 0.5) is 18.9 Å². The monoisotopic (exact) mass is 485 g/mol. The molecule has 2 rings (SSSR count). The first kappa shape index (κ1) is 24.1. The highest BCUT2D eigenvalue weighted by Gasteiger charge is 2.55. The van der Waals surface area contributed by atoms with Crippen LogP contribution in [0, 0.1) is 0 Å². The predicted octanol–water partition coefficient (Wildman–Crippen LogP) is 2.83. The second kappa shape index (κ2) is 7.84. The summed E-state index contributed by atoms with van der Waals surface area (Å²) < 4.78 is 87.8. The lowest BCUT2D eigenvalue weighted by molar-refractivity contribution is -0.242. The van der Waals surface area contributed by atoms with Crippen molar-refractivity contribution in [2.24, 2.45) is 0 Å². The van der Waals surface area contributed by atoms with E-state index in [2.05, 4.69) is 0 Å².